The highest BCUT2D eigenvalue weighted by Gasteiger charge is 2.41. The van der Waals surface area contributed by atoms with E-state index in [1.165, 1.54) is 42.5 Å². The summed E-state index contributed by atoms with van der Waals surface area (Å²) >= 11 is 12.1. The number of hydrogen-bond donors (Lipinski definition) is 2. The molecule has 0 aliphatic carbocycles. The van der Waals surface area contributed by atoms with Crippen molar-refractivity contribution in [1.82, 2.24) is 24.9 Å². The Balaban J connectivity index is 0.000000354. The van der Waals surface area contributed by atoms with Crippen LogP contribution in [-0.4, -0.2) is 108 Å². The van der Waals surface area contributed by atoms with Gasteiger partial charge in [-0.1, -0.05) is 128 Å². The van der Waals surface area contributed by atoms with Crippen molar-refractivity contribution >= 4 is 48.0 Å². The largest absolute Gasteiger partial charge is 0.461 e. The van der Waals surface area contributed by atoms with Crippen molar-refractivity contribution in [3.63, 3.8) is 0 Å². The summed E-state index contributed by atoms with van der Waals surface area (Å²) in [5.41, 5.74) is 1.79. The van der Waals surface area contributed by atoms with Crippen molar-refractivity contribution in [2.45, 2.75) is 65.3 Å². The number of benzene rings is 4. The zero-order valence-electron chi connectivity index (χ0n) is 46.5. The highest BCUT2D eigenvalue weighted by Crippen LogP contribution is 2.35. The summed E-state index contributed by atoms with van der Waals surface area (Å²) < 4.78 is 66.4. The van der Waals surface area contributed by atoms with Crippen LogP contribution in [0.2, 0.25) is 23.2 Å². The Morgan fingerprint density at radius 1 is 0.679 bits per heavy atom. The first-order valence-electron chi connectivity index (χ1n) is 26.5. The molecule has 0 saturated heterocycles. The third-order valence-corrected chi connectivity index (χ3v) is 13.7. The van der Waals surface area contributed by atoms with Gasteiger partial charge >= 0.3 is 18.5 Å². The van der Waals surface area contributed by atoms with Crippen molar-refractivity contribution in [3.05, 3.63) is 212 Å². The van der Waals surface area contributed by atoms with E-state index in [1.807, 2.05) is 36.1 Å². The number of esters is 2. The van der Waals surface area contributed by atoms with Gasteiger partial charge in [-0.05, 0) is 116 Å². The minimum Gasteiger partial charge on any atom is -0.461 e. The third kappa shape index (κ3) is 21.2. The molecular weight excluding hydrogens is 1080 g/mol. The van der Waals surface area contributed by atoms with Gasteiger partial charge in [0.05, 0.1) is 10.8 Å². The number of alkyl halides is 2. The number of hydrogen-bond acceptors (Lipinski definition) is 9. The Morgan fingerprint density at radius 3 is 1.51 bits per heavy atom. The van der Waals surface area contributed by atoms with Crippen LogP contribution in [0.25, 0.3) is 22.3 Å². The van der Waals surface area contributed by atoms with E-state index in [9.17, 15) is 37.0 Å². The van der Waals surface area contributed by atoms with E-state index in [2.05, 4.69) is 54.8 Å². The molecule has 0 aliphatic rings. The summed E-state index contributed by atoms with van der Waals surface area (Å²) in [7, 11) is 0. The number of amides is 1. The maximum atomic E-state index is 14.5. The predicted octanol–water partition coefficient (Wildman–Crippen LogP) is 13.6. The van der Waals surface area contributed by atoms with Crippen molar-refractivity contribution in [2.24, 2.45) is 16.7 Å². The SMILES string of the molecule is C=CCOC(=O)[C@@](C)(C[C@@H](Cc1ccc(-c2cc(Cl)ccc2F)cc1)NC(=O)c1ccn(C(F)F)n1)CN(CC=C)CC=C.C=CCOC(=O)[C@@](C)(C[C@H](CB(C)O)Cc1ccc(-c2cc(Cl)ccc2F)cc1)CN(CC=C)CC=C. The van der Waals surface area contributed by atoms with Gasteiger partial charge in [0.1, 0.15) is 30.5 Å². The van der Waals surface area contributed by atoms with Crippen molar-refractivity contribution in [1.29, 1.82) is 0 Å². The van der Waals surface area contributed by atoms with Crippen LogP contribution in [0.4, 0.5) is 17.6 Å². The highest BCUT2D eigenvalue weighted by atomic mass is 35.5. The molecule has 0 unspecified atom stereocenters. The van der Waals surface area contributed by atoms with Crippen molar-refractivity contribution < 1.29 is 46.4 Å². The first-order valence-corrected chi connectivity index (χ1v) is 27.2. The molecule has 4 atom stereocenters. The van der Waals surface area contributed by atoms with Gasteiger partial charge in [-0.25, -0.2) is 13.5 Å². The van der Waals surface area contributed by atoms with Crippen LogP contribution in [0.1, 0.15) is 54.9 Å². The molecule has 4 aromatic carbocycles. The standard InChI is InChI=1S/C33H36ClF3N4O3.C30H38BClFNO3/c1-5-15-40(16-6-2)22-33(4,31(43)44-18-7-3)21-26(38-30(42)29-14-17-41(39-29)32(36)37)19-23-8-10-24(11-9-23)27-20-25(34)12-13-28(27)35;1-6-15-34(16-7-2)22-30(4,29(35)37-17-8-3)20-24(21-31(5)36)18-23-9-11-25(12-10-23)27-19-26(32)13-14-28(27)33/h5-14,17,20,26,32H,1-3,15-16,18-19,21-22H2,4H3,(H,38,42);6-14,19,24,36H,1-3,15-18,20-22H2,4-5H3/t26-,33+;24-,30+/m11/s1. The molecule has 1 aromatic heterocycles. The molecule has 18 heteroatoms. The lowest BCUT2D eigenvalue weighted by molar-refractivity contribution is -0.156. The van der Waals surface area contributed by atoms with E-state index < -0.39 is 48.0 Å². The summed E-state index contributed by atoms with van der Waals surface area (Å²) in [6, 6.07) is 24.0. The molecule has 0 bridgehead atoms. The Bertz CT molecular complexity index is 2890. The molecule has 81 heavy (non-hydrogen) atoms. The monoisotopic (exact) mass is 1150 g/mol. The third-order valence-electron chi connectivity index (χ3n) is 13.2. The maximum absolute atomic E-state index is 14.5. The van der Waals surface area contributed by atoms with Gasteiger partial charge in [0.2, 0.25) is 0 Å². The van der Waals surface area contributed by atoms with E-state index in [0.29, 0.717) is 83.3 Å². The number of ether oxygens (including phenoxy) is 2. The summed E-state index contributed by atoms with van der Waals surface area (Å²) in [5.74, 6) is -2.22. The Morgan fingerprint density at radius 2 is 1.11 bits per heavy atom. The van der Waals surface area contributed by atoms with Crippen LogP contribution in [-0.2, 0) is 31.9 Å². The number of carbonyl (C=O) groups excluding carboxylic acids is 3. The topological polar surface area (TPSA) is 126 Å². The summed E-state index contributed by atoms with van der Waals surface area (Å²) in [5, 5.41) is 17.7. The van der Waals surface area contributed by atoms with E-state index in [-0.39, 0.29) is 56.0 Å². The Hall–Kier alpha value is -6.82. The lowest BCUT2D eigenvalue weighted by atomic mass is 9.60. The maximum Gasteiger partial charge on any atom is 0.333 e. The fourth-order valence-corrected chi connectivity index (χ4v) is 10.1. The smallest absolute Gasteiger partial charge is 0.333 e. The van der Waals surface area contributed by atoms with E-state index in [0.717, 1.165) is 22.9 Å². The van der Waals surface area contributed by atoms with Gasteiger partial charge in [0.25, 0.3) is 12.8 Å². The number of nitrogens with one attached hydrogen (secondary N) is 1. The second kappa shape index (κ2) is 33.2. The molecule has 0 radical (unpaired) electrons. The number of carbonyl (C=O) groups is 3. The van der Waals surface area contributed by atoms with Crippen LogP contribution >= 0.6 is 23.2 Å². The van der Waals surface area contributed by atoms with Gasteiger partial charge in [0.15, 0.2) is 0 Å². The molecular formula is C63H74BCl2F4N5O6. The van der Waals surface area contributed by atoms with Crippen LogP contribution in [0.15, 0.2) is 173 Å². The minimum atomic E-state index is -2.90. The normalized spacial score (nSPS) is 13.3. The average molecular weight is 1160 g/mol. The zero-order valence-corrected chi connectivity index (χ0v) is 48.0. The second-order valence-corrected chi connectivity index (χ2v) is 21.3. The average Bonchev–Trinajstić information content (AvgIpc) is 3.97. The Labute approximate surface area is 485 Å². The minimum absolute atomic E-state index is 0.000946. The first kappa shape index (κ1) is 66.7. The molecule has 5 rings (SSSR count). The fourth-order valence-electron chi connectivity index (χ4n) is 9.77. The molecule has 11 nitrogen and oxygen atoms in total. The number of rotatable bonds is 33. The fraction of sp³-hybridized carbons (Fsp3) is 0.333. The van der Waals surface area contributed by atoms with Gasteiger partial charge in [0, 0.05) is 72.7 Å². The number of nitrogens with zero attached hydrogens (tertiary/aromatic N) is 4. The van der Waals surface area contributed by atoms with Crippen molar-refractivity contribution in [3.8, 4) is 22.3 Å². The molecule has 0 saturated carbocycles. The molecule has 2 N–H and O–H groups in total. The summed E-state index contributed by atoms with van der Waals surface area (Å²) in [6.07, 6.45) is 13.1. The Kier molecular flexibility index (Phi) is 27.3. The molecule has 0 aliphatic heterocycles. The van der Waals surface area contributed by atoms with E-state index >= 15 is 0 Å². The molecule has 1 amide bonds. The van der Waals surface area contributed by atoms with Crippen LogP contribution < -0.4 is 5.32 Å². The van der Waals surface area contributed by atoms with Gasteiger partial charge in [-0.3, -0.25) is 24.2 Å². The van der Waals surface area contributed by atoms with Gasteiger partial charge in [-0.15, -0.1) is 26.3 Å². The van der Waals surface area contributed by atoms with Crippen molar-refractivity contribution in [2.75, 3.05) is 52.5 Å². The van der Waals surface area contributed by atoms with Crippen LogP contribution in [0, 0.1) is 28.4 Å². The summed E-state index contributed by atoms with van der Waals surface area (Å²) in [4.78, 5) is 43.9. The van der Waals surface area contributed by atoms with Crippen LogP contribution in [0.5, 0.6) is 0 Å². The first-order chi connectivity index (χ1) is 38.6. The number of halogens is 6. The molecule has 0 spiro atoms. The second-order valence-electron chi connectivity index (χ2n) is 20.5. The van der Waals surface area contributed by atoms with Gasteiger partial charge < -0.3 is 19.8 Å². The molecule has 0 fully saturated rings. The lowest BCUT2D eigenvalue weighted by Gasteiger charge is -2.35. The van der Waals surface area contributed by atoms with E-state index in [4.69, 9.17) is 32.7 Å². The predicted molar refractivity (Wildman–Crippen MR) is 319 cm³/mol. The van der Waals surface area contributed by atoms with Crippen LogP contribution in [0.3, 0.4) is 0 Å². The molecule has 432 valence electrons. The van der Waals surface area contributed by atoms with Gasteiger partial charge in [-0.2, -0.15) is 13.9 Å². The molecule has 5 aromatic rings. The summed E-state index contributed by atoms with van der Waals surface area (Å²) in [6.45, 7) is 27.5. The number of aromatic nitrogens is 2. The highest BCUT2D eigenvalue weighted by molar-refractivity contribution is 6.48. The quantitative estimate of drug-likeness (QED) is 0.0183. The lowest BCUT2D eigenvalue weighted by Crippen LogP contribution is -2.48. The molecule has 1 heterocycles. The van der Waals surface area contributed by atoms with E-state index in [1.54, 1.807) is 74.5 Å². The zero-order chi connectivity index (χ0) is 59.7.